The third-order valence-electron chi connectivity index (χ3n) is 2.45. The van der Waals surface area contributed by atoms with E-state index in [1.807, 2.05) is 11.3 Å². The highest BCUT2D eigenvalue weighted by Gasteiger charge is 2.13. The van der Waals surface area contributed by atoms with Crippen molar-refractivity contribution >= 4 is 11.3 Å². The van der Waals surface area contributed by atoms with Gasteiger partial charge in [-0.3, -0.25) is 0 Å². The van der Waals surface area contributed by atoms with Crippen molar-refractivity contribution in [2.24, 2.45) is 0 Å². The lowest BCUT2D eigenvalue weighted by Crippen LogP contribution is -2.19. The summed E-state index contributed by atoms with van der Waals surface area (Å²) in [7, 11) is 0. The molecule has 0 bridgehead atoms. The van der Waals surface area contributed by atoms with Gasteiger partial charge in [-0.15, -0.1) is 11.3 Å². The molecule has 1 atom stereocenters. The molecule has 1 N–H and O–H groups in total. The summed E-state index contributed by atoms with van der Waals surface area (Å²) >= 11 is 1.88. The Morgan fingerprint density at radius 1 is 1.33 bits per heavy atom. The highest BCUT2D eigenvalue weighted by Crippen LogP contribution is 2.25. The van der Waals surface area contributed by atoms with E-state index in [4.69, 9.17) is 0 Å². The molecule has 0 radical (unpaired) electrons. The van der Waals surface area contributed by atoms with E-state index >= 15 is 0 Å². The van der Waals surface area contributed by atoms with Crippen LogP contribution in [-0.4, -0.2) is 6.54 Å². The van der Waals surface area contributed by atoms with Gasteiger partial charge in [0, 0.05) is 10.9 Å². The molecule has 1 aliphatic rings. The van der Waals surface area contributed by atoms with Crippen LogP contribution in [0.3, 0.4) is 0 Å². The predicted molar refractivity (Wildman–Crippen MR) is 53.5 cm³/mol. The molecule has 1 fully saturated rings. The van der Waals surface area contributed by atoms with Crippen molar-refractivity contribution in [3.05, 3.63) is 22.4 Å². The Labute approximate surface area is 77.8 Å². The number of hydrogen-bond acceptors (Lipinski definition) is 2. The molecular weight excluding hydrogens is 166 g/mol. The minimum absolute atomic E-state index is 0.646. The molecule has 0 spiro atoms. The van der Waals surface area contributed by atoms with Crippen LogP contribution in [0, 0.1) is 0 Å². The Morgan fingerprint density at radius 3 is 3.17 bits per heavy atom. The molecule has 2 heterocycles. The molecule has 2 rings (SSSR count). The topological polar surface area (TPSA) is 12.0 Å². The monoisotopic (exact) mass is 181 g/mol. The molecule has 1 aromatic rings. The summed E-state index contributed by atoms with van der Waals surface area (Å²) in [4.78, 5) is 1.51. The second-order valence-corrected chi connectivity index (χ2v) is 4.35. The Hall–Kier alpha value is -0.340. The normalized spacial score (nSPS) is 25.2. The van der Waals surface area contributed by atoms with E-state index in [-0.39, 0.29) is 0 Å². The van der Waals surface area contributed by atoms with Gasteiger partial charge in [0.15, 0.2) is 0 Å². The van der Waals surface area contributed by atoms with Gasteiger partial charge >= 0.3 is 0 Å². The van der Waals surface area contributed by atoms with Crippen LogP contribution in [0.5, 0.6) is 0 Å². The first-order valence-electron chi connectivity index (χ1n) is 4.73. The predicted octanol–water partition coefficient (Wildman–Crippen LogP) is 2.95. The largest absolute Gasteiger partial charge is 0.309 e. The fourth-order valence-corrected chi connectivity index (χ4v) is 2.60. The van der Waals surface area contributed by atoms with Crippen LogP contribution in [0.4, 0.5) is 0 Å². The quantitative estimate of drug-likeness (QED) is 0.702. The van der Waals surface area contributed by atoms with Gasteiger partial charge in [-0.1, -0.05) is 18.9 Å². The first-order chi connectivity index (χ1) is 5.97. The summed E-state index contributed by atoms with van der Waals surface area (Å²) in [6, 6.07) is 5.03. The van der Waals surface area contributed by atoms with E-state index in [0.29, 0.717) is 6.04 Å². The third-order valence-corrected chi connectivity index (χ3v) is 3.43. The van der Waals surface area contributed by atoms with E-state index in [1.54, 1.807) is 0 Å². The fraction of sp³-hybridized carbons (Fsp3) is 0.600. The van der Waals surface area contributed by atoms with Crippen molar-refractivity contribution in [3.8, 4) is 0 Å². The molecule has 0 amide bonds. The summed E-state index contributed by atoms with van der Waals surface area (Å²) in [5.74, 6) is 0. The number of thiophene rings is 1. The second-order valence-electron chi connectivity index (χ2n) is 3.37. The van der Waals surface area contributed by atoms with Crippen molar-refractivity contribution in [1.29, 1.82) is 0 Å². The van der Waals surface area contributed by atoms with E-state index in [2.05, 4.69) is 22.8 Å². The molecule has 0 aliphatic carbocycles. The molecule has 0 saturated carbocycles. The maximum atomic E-state index is 3.59. The van der Waals surface area contributed by atoms with Crippen LogP contribution in [0.2, 0.25) is 0 Å². The van der Waals surface area contributed by atoms with Gasteiger partial charge in [-0.05, 0) is 30.8 Å². The van der Waals surface area contributed by atoms with Crippen LogP contribution in [0.1, 0.15) is 36.6 Å². The van der Waals surface area contributed by atoms with Crippen LogP contribution in [0.15, 0.2) is 17.5 Å². The standard InChI is InChI=1S/C10H15NS/c1-2-5-9(11-7-3-1)10-6-4-8-12-10/h4,6,8-9,11H,1-3,5,7H2. The van der Waals surface area contributed by atoms with Crippen LogP contribution >= 0.6 is 11.3 Å². The molecular formula is C10H15NS. The van der Waals surface area contributed by atoms with Gasteiger partial charge < -0.3 is 5.32 Å². The van der Waals surface area contributed by atoms with E-state index in [0.717, 1.165) is 0 Å². The maximum absolute atomic E-state index is 3.59. The summed E-state index contributed by atoms with van der Waals surface area (Å²) in [5.41, 5.74) is 0. The molecule has 12 heavy (non-hydrogen) atoms. The van der Waals surface area contributed by atoms with E-state index in [1.165, 1.54) is 37.1 Å². The summed E-state index contributed by atoms with van der Waals surface area (Å²) in [6.07, 6.45) is 5.45. The number of hydrogen-bond donors (Lipinski definition) is 1. The maximum Gasteiger partial charge on any atom is 0.0414 e. The summed E-state index contributed by atoms with van der Waals surface area (Å²) in [6.45, 7) is 1.20. The second kappa shape index (κ2) is 4.06. The minimum Gasteiger partial charge on any atom is -0.309 e. The Balaban J connectivity index is 2.02. The molecule has 0 aromatic carbocycles. The average molecular weight is 181 g/mol. The van der Waals surface area contributed by atoms with Gasteiger partial charge in [-0.25, -0.2) is 0 Å². The number of nitrogens with one attached hydrogen (secondary N) is 1. The molecule has 1 unspecified atom stereocenters. The van der Waals surface area contributed by atoms with Gasteiger partial charge in [0.05, 0.1) is 0 Å². The lowest BCUT2D eigenvalue weighted by Gasteiger charge is -2.12. The van der Waals surface area contributed by atoms with Gasteiger partial charge in [-0.2, -0.15) is 0 Å². The first-order valence-corrected chi connectivity index (χ1v) is 5.61. The van der Waals surface area contributed by atoms with Crippen molar-refractivity contribution in [2.45, 2.75) is 31.7 Å². The summed E-state index contributed by atoms with van der Waals surface area (Å²) in [5, 5.41) is 5.76. The zero-order chi connectivity index (χ0) is 8.23. The first kappa shape index (κ1) is 8.27. The van der Waals surface area contributed by atoms with E-state index in [9.17, 15) is 0 Å². The highest BCUT2D eigenvalue weighted by atomic mass is 32.1. The van der Waals surface area contributed by atoms with Crippen LogP contribution in [0.25, 0.3) is 0 Å². The Kier molecular flexibility index (Phi) is 2.79. The molecule has 1 saturated heterocycles. The average Bonchev–Trinajstić information content (AvgIpc) is 2.48. The van der Waals surface area contributed by atoms with E-state index < -0.39 is 0 Å². The summed E-state index contributed by atoms with van der Waals surface area (Å²) < 4.78 is 0. The third kappa shape index (κ3) is 1.87. The Morgan fingerprint density at radius 2 is 2.33 bits per heavy atom. The van der Waals surface area contributed by atoms with Crippen molar-refractivity contribution < 1.29 is 0 Å². The Bertz CT molecular complexity index is 210. The van der Waals surface area contributed by atoms with Crippen LogP contribution in [-0.2, 0) is 0 Å². The van der Waals surface area contributed by atoms with Crippen LogP contribution < -0.4 is 5.32 Å². The molecule has 1 aromatic heterocycles. The molecule has 66 valence electrons. The fourth-order valence-electron chi connectivity index (χ4n) is 1.76. The van der Waals surface area contributed by atoms with Gasteiger partial charge in [0.2, 0.25) is 0 Å². The minimum atomic E-state index is 0.646. The SMILES string of the molecule is c1csc(C2CCCCCN2)c1. The zero-order valence-electron chi connectivity index (χ0n) is 7.25. The molecule has 1 aliphatic heterocycles. The lowest BCUT2D eigenvalue weighted by molar-refractivity contribution is 0.543. The van der Waals surface area contributed by atoms with Crippen molar-refractivity contribution in [1.82, 2.24) is 5.32 Å². The van der Waals surface area contributed by atoms with Gasteiger partial charge in [0.25, 0.3) is 0 Å². The highest BCUT2D eigenvalue weighted by molar-refractivity contribution is 7.10. The molecule has 1 nitrogen and oxygen atoms in total. The zero-order valence-corrected chi connectivity index (χ0v) is 8.07. The lowest BCUT2D eigenvalue weighted by atomic mass is 10.1. The molecule has 2 heteroatoms. The smallest absolute Gasteiger partial charge is 0.0414 e. The van der Waals surface area contributed by atoms with Gasteiger partial charge in [0.1, 0.15) is 0 Å². The van der Waals surface area contributed by atoms with Crippen molar-refractivity contribution in [2.75, 3.05) is 6.54 Å². The number of rotatable bonds is 1. The van der Waals surface area contributed by atoms with Crippen molar-refractivity contribution in [3.63, 3.8) is 0 Å².